The number of pyridine rings is 1. The number of nitrogens with one attached hydrogen (secondary N) is 2. The van der Waals surface area contributed by atoms with E-state index in [9.17, 15) is 14.7 Å². The Morgan fingerprint density at radius 3 is 2.50 bits per heavy atom. The van der Waals surface area contributed by atoms with Crippen LogP contribution in [0.3, 0.4) is 0 Å². The van der Waals surface area contributed by atoms with Gasteiger partial charge in [-0.2, -0.15) is 0 Å². The molecular formula is C22H17ClN4O3. The van der Waals surface area contributed by atoms with Crippen LogP contribution in [0.4, 0.5) is 0 Å². The van der Waals surface area contributed by atoms with E-state index in [1.807, 2.05) is 12.1 Å². The number of aromatic nitrogens is 3. The van der Waals surface area contributed by atoms with Gasteiger partial charge in [-0.1, -0.05) is 23.7 Å². The number of hydrogen-bond acceptors (Lipinski definition) is 4. The summed E-state index contributed by atoms with van der Waals surface area (Å²) in [5, 5.41) is 12.7. The Labute approximate surface area is 176 Å². The normalized spacial score (nSPS) is 11.9. The van der Waals surface area contributed by atoms with Crippen molar-refractivity contribution in [3.05, 3.63) is 83.1 Å². The van der Waals surface area contributed by atoms with Gasteiger partial charge in [-0.3, -0.25) is 9.78 Å². The third kappa shape index (κ3) is 4.31. The predicted molar refractivity (Wildman–Crippen MR) is 113 cm³/mol. The first kappa shape index (κ1) is 19.6. The standard InChI is InChI=1S/C22H17ClN4O3/c23-16-4-1-13(2-5-16)11-19(22(29)30)27-21(28)15-3-6-17-18(12-15)26-20(25-17)14-7-9-24-10-8-14/h1-10,12,19H,11H2,(H,25,26)(H,27,28)(H,29,30)/t19-/m1/s1. The third-order valence-corrected chi connectivity index (χ3v) is 4.91. The number of fused-ring (bicyclic) bond motifs is 1. The molecule has 0 unspecified atom stereocenters. The zero-order valence-electron chi connectivity index (χ0n) is 15.7. The van der Waals surface area contributed by atoms with Crippen molar-refractivity contribution in [3.63, 3.8) is 0 Å². The average Bonchev–Trinajstić information content (AvgIpc) is 3.18. The van der Waals surface area contributed by atoms with E-state index in [1.165, 1.54) is 0 Å². The van der Waals surface area contributed by atoms with Crippen molar-refractivity contribution in [2.45, 2.75) is 12.5 Å². The molecule has 150 valence electrons. The molecule has 0 aliphatic rings. The minimum absolute atomic E-state index is 0.150. The van der Waals surface area contributed by atoms with Crippen LogP contribution in [0.15, 0.2) is 67.0 Å². The van der Waals surface area contributed by atoms with Crippen LogP contribution in [-0.4, -0.2) is 38.0 Å². The predicted octanol–water partition coefficient (Wildman–Crippen LogP) is 3.70. The number of H-pyrrole nitrogens is 1. The van der Waals surface area contributed by atoms with Gasteiger partial charge in [-0.05, 0) is 48.0 Å². The number of aliphatic carboxylic acids is 1. The number of aromatic amines is 1. The van der Waals surface area contributed by atoms with Crippen LogP contribution < -0.4 is 5.32 Å². The summed E-state index contributed by atoms with van der Waals surface area (Å²) in [5.41, 5.74) is 3.36. The molecule has 0 spiro atoms. The van der Waals surface area contributed by atoms with E-state index in [2.05, 4.69) is 20.3 Å². The van der Waals surface area contributed by atoms with Gasteiger partial charge in [0.15, 0.2) is 0 Å². The van der Waals surface area contributed by atoms with E-state index in [1.54, 1.807) is 54.9 Å². The topological polar surface area (TPSA) is 108 Å². The zero-order chi connectivity index (χ0) is 21.1. The molecule has 8 heteroatoms. The van der Waals surface area contributed by atoms with Gasteiger partial charge >= 0.3 is 5.97 Å². The highest BCUT2D eigenvalue weighted by molar-refractivity contribution is 6.30. The molecule has 0 saturated heterocycles. The van der Waals surface area contributed by atoms with Gasteiger partial charge in [0.1, 0.15) is 11.9 Å². The first-order valence-corrected chi connectivity index (χ1v) is 9.55. The van der Waals surface area contributed by atoms with E-state index in [-0.39, 0.29) is 6.42 Å². The minimum atomic E-state index is -1.11. The first-order chi connectivity index (χ1) is 14.5. The fourth-order valence-corrected chi connectivity index (χ4v) is 3.22. The Morgan fingerprint density at radius 1 is 1.07 bits per heavy atom. The van der Waals surface area contributed by atoms with Crippen molar-refractivity contribution >= 4 is 34.5 Å². The van der Waals surface area contributed by atoms with E-state index >= 15 is 0 Å². The molecule has 4 aromatic rings. The molecule has 0 fully saturated rings. The van der Waals surface area contributed by atoms with E-state index in [4.69, 9.17) is 11.6 Å². The van der Waals surface area contributed by atoms with Crippen LogP contribution in [0.2, 0.25) is 5.02 Å². The highest BCUT2D eigenvalue weighted by Gasteiger charge is 2.21. The van der Waals surface area contributed by atoms with E-state index in [0.717, 1.165) is 11.1 Å². The summed E-state index contributed by atoms with van der Waals surface area (Å²) < 4.78 is 0. The molecule has 3 N–H and O–H groups in total. The van der Waals surface area contributed by atoms with Crippen LogP contribution in [0.1, 0.15) is 15.9 Å². The third-order valence-electron chi connectivity index (χ3n) is 4.65. The van der Waals surface area contributed by atoms with Crippen LogP contribution in [0.25, 0.3) is 22.4 Å². The average molecular weight is 421 g/mol. The molecule has 1 atom stereocenters. The minimum Gasteiger partial charge on any atom is -0.480 e. The Bertz CT molecular complexity index is 1210. The highest BCUT2D eigenvalue weighted by atomic mass is 35.5. The van der Waals surface area contributed by atoms with Crippen molar-refractivity contribution in [2.75, 3.05) is 0 Å². The molecule has 2 heterocycles. The number of imidazole rings is 1. The quantitative estimate of drug-likeness (QED) is 0.440. The molecule has 0 radical (unpaired) electrons. The molecule has 2 aromatic heterocycles. The fraction of sp³-hybridized carbons (Fsp3) is 0.0909. The number of amides is 1. The van der Waals surface area contributed by atoms with Crippen LogP contribution >= 0.6 is 11.6 Å². The summed E-state index contributed by atoms with van der Waals surface area (Å²) in [6, 6.07) is 14.4. The lowest BCUT2D eigenvalue weighted by atomic mass is 10.1. The molecule has 4 rings (SSSR count). The number of hydrogen-bond donors (Lipinski definition) is 3. The highest BCUT2D eigenvalue weighted by Crippen LogP contribution is 2.21. The Morgan fingerprint density at radius 2 is 1.80 bits per heavy atom. The smallest absolute Gasteiger partial charge is 0.326 e. The van der Waals surface area contributed by atoms with Gasteiger partial charge in [0, 0.05) is 35.0 Å². The number of halogens is 1. The van der Waals surface area contributed by atoms with Crippen molar-refractivity contribution in [2.24, 2.45) is 0 Å². The molecule has 0 saturated carbocycles. The summed E-state index contributed by atoms with van der Waals surface area (Å²) in [5.74, 6) is -0.921. The zero-order valence-corrected chi connectivity index (χ0v) is 16.4. The summed E-state index contributed by atoms with van der Waals surface area (Å²) in [6.07, 6.45) is 3.50. The number of rotatable bonds is 6. The second-order valence-corrected chi connectivity index (χ2v) is 7.18. The number of carbonyl (C=O) groups excluding carboxylic acids is 1. The molecule has 1 amide bonds. The van der Waals surface area contributed by atoms with Crippen LogP contribution in [-0.2, 0) is 11.2 Å². The summed E-state index contributed by atoms with van der Waals surface area (Å²) in [4.78, 5) is 36.0. The molecule has 7 nitrogen and oxygen atoms in total. The van der Waals surface area contributed by atoms with Gasteiger partial charge in [-0.25, -0.2) is 9.78 Å². The molecule has 0 aliphatic carbocycles. The maximum Gasteiger partial charge on any atom is 0.326 e. The number of nitrogens with zero attached hydrogens (tertiary/aromatic N) is 2. The maximum atomic E-state index is 12.7. The van der Waals surface area contributed by atoms with Crippen molar-refractivity contribution in [3.8, 4) is 11.4 Å². The summed E-state index contributed by atoms with van der Waals surface area (Å²) in [7, 11) is 0. The molecule has 30 heavy (non-hydrogen) atoms. The summed E-state index contributed by atoms with van der Waals surface area (Å²) in [6.45, 7) is 0. The second-order valence-electron chi connectivity index (χ2n) is 6.75. The van der Waals surface area contributed by atoms with Crippen molar-refractivity contribution < 1.29 is 14.7 Å². The van der Waals surface area contributed by atoms with Crippen molar-refractivity contribution in [1.29, 1.82) is 0 Å². The number of carboxylic acids is 1. The van der Waals surface area contributed by atoms with Gasteiger partial charge in [0.2, 0.25) is 0 Å². The largest absolute Gasteiger partial charge is 0.480 e. The molecule has 0 bridgehead atoms. The summed E-state index contributed by atoms with van der Waals surface area (Å²) >= 11 is 5.87. The SMILES string of the molecule is O=C(N[C@H](Cc1ccc(Cl)cc1)C(=O)O)c1ccc2nc(-c3ccncc3)[nH]c2c1. The Kier molecular flexibility index (Phi) is 5.45. The number of carboxylic acid groups (broad SMARTS) is 1. The maximum absolute atomic E-state index is 12.7. The van der Waals surface area contributed by atoms with E-state index in [0.29, 0.717) is 27.4 Å². The lowest BCUT2D eigenvalue weighted by Gasteiger charge is -2.15. The second kappa shape index (κ2) is 8.34. The van der Waals surface area contributed by atoms with Crippen LogP contribution in [0, 0.1) is 0 Å². The van der Waals surface area contributed by atoms with Crippen molar-refractivity contribution in [1.82, 2.24) is 20.3 Å². The monoisotopic (exact) mass is 420 g/mol. The van der Waals surface area contributed by atoms with Gasteiger partial charge in [0.25, 0.3) is 5.91 Å². The molecule has 2 aromatic carbocycles. The fourth-order valence-electron chi connectivity index (χ4n) is 3.10. The number of benzene rings is 2. The first-order valence-electron chi connectivity index (χ1n) is 9.18. The Hall–Kier alpha value is -3.71. The molecular weight excluding hydrogens is 404 g/mol. The Balaban J connectivity index is 1.54. The lowest BCUT2D eigenvalue weighted by molar-refractivity contribution is -0.139. The van der Waals surface area contributed by atoms with Gasteiger partial charge in [-0.15, -0.1) is 0 Å². The van der Waals surface area contributed by atoms with Gasteiger partial charge in [0.05, 0.1) is 11.0 Å². The van der Waals surface area contributed by atoms with Crippen LogP contribution in [0.5, 0.6) is 0 Å². The van der Waals surface area contributed by atoms with E-state index < -0.39 is 17.9 Å². The van der Waals surface area contributed by atoms with Gasteiger partial charge < -0.3 is 15.4 Å². The molecule has 0 aliphatic heterocycles. The number of carbonyl (C=O) groups is 2. The lowest BCUT2D eigenvalue weighted by Crippen LogP contribution is -2.42.